The fourth-order valence-electron chi connectivity index (χ4n) is 2.96. The average Bonchev–Trinajstić information content (AvgIpc) is 2.77. The maximum atomic E-state index is 6.36. The average molecular weight is 295 g/mol. The first-order valence-electron chi connectivity index (χ1n) is 7.86. The van der Waals surface area contributed by atoms with Gasteiger partial charge in [-0.25, -0.2) is 4.98 Å². The zero-order valence-electron chi connectivity index (χ0n) is 13.6. The molecule has 1 aliphatic carbocycles. The van der Waals surface area contributed by atoms with E-state index in [0.717, 1.165) is 25.9 Å². The highest BCUT2D eigenvalue weighted by Crippen LogP contribution is 2.43. The standard InChI is InChI=1S/C16H29N3S/c1-6-11(3)10-19(7-2)15-18-13-9-16(4,5)8-12(17)14(13)20-15/h11-12H,6-10,17H2,1-5H3. The third-order valence-electron chi connectivity index (χ3n) is 4.35. The lowest BCUT2D eigenvalue weighted by molar-refractivity contribution is 0.282. The van der Waals surface area contributed by atoms with Crippen molar-refractivity contribution in [2.75, 3.05) is 18.0 Å². The van der Waals surface area contributed by atoms with Crippen molar-refractivity contribution in [2.24, 2.45) is 17.1 Å². The van der Waals surface area contributed by atoms with E-state index >= 15 is 0 Å². The topological polar surface area (TPSA) is 42.2 Å². The third-order valence-corrected chi connectivity index (χ3v) is 5.64. The molecular formula is C16H29N3S. The Morgan fingerprint density at radius 2 is 2.15 bits per heavy atom. The molecular weight excluding hydrogens is 266 g/mol. The van der Waals surface area contributed by atoms with E-state index in [-0.39, 0.29) is 11.5 Å². The Balaban J connectivity index is 2.22. The Bertz CT molecular complexity index is 453. The monoisotopic (exact) mass is 295 g/mol. The summed E-state index contributed by atoms with van der Waals surface area (Å²) in [7, 11) is 0. The van der Waals surface area contributed by atoms with Gasteiger partial charge in [0.05, 0.1) is 5.69 Å². The molecule has 20 heavy (non-hydrogen) atoms. The molecule has 3 nitrogen and oxygen atoms in total. The summed E-state index contributed by atoms with van der Waals surface area (Å²) < 4.78 is 0. The van der Waals surface area contributed by atoms with E-state index in [1.165, 1.54) is 22.1 Å². The van der Waals surface area contributed by atoms with Crippen molar-refractivity contribution in [3.63, 3.8) is 0 Å². The molecule has 1 aromatic heterocycles. The van der Waals surface area contributed by atoms with Gasteiger partial charge in [0.2, 0.25) is 0 Å². The van der Waals surface area contributed by atoms with E-state index in [1.54, 1.807) is 0 Å². The molecule has 114 valence electrons. The predicted octanol–water partition coefficient (Wildman–Crippen LogP) is 3.99. The molecule has 0 bridgehead atoms. The van der Waals surface area contributed by atoms with Crippen molar-refractivity contribution >= 4 is 16.5 Å². The molecule has 0 aromatic carbocycles. The number of nitrogens with two attached hydrogens (primary N) is 1. The number of anilines is 1. The zero-order valence-corrected chi connectivity index (χ0v) is 14.4. The Kier molecular flexibility index (Phi) is 4.75. The summed E-state index contributed by atoms with van der Waals surface area (Å²) in [5, 5.41) is 1.17. The lowest BCUT2D eigenvalue weighted by Crippen LogP contribution is -2.29. The van der Waals surface area contributed by atoms with Crippen LogP contribution in [0.5, 0.6) is 0 Å². The first kappa shape index (κ1) is 15.8. The fourth-order valence-corrected chi connectivity index (χ4v) is 4.12. The second kappa shape index (κ2) is 6.02. The molecule has 1 heterocycles. The van der Waals surface area contributed by atoms with Gasteiger partial charge >= 0.3 is 0 Å². The molecule has 0 saturated heterocycles. The third kappa shape index (κ3) is 3.34. The van der Waals surface area contributed by atoms with E-state index in [4.69, 9.17) is 10.7 Å². The molecule has 1 aromatic rings. The van der Waals surface area contributed by atoms with Gasteiger partial charge in [-0.3, -0.25) is 0 Å². The SMILES string of the molecule is CCC(C)CN(CC)c1nc2c(s1)C(N)CC(C)(C)C2. The minimum Gasteiger partial charge on any atom is -0.348 e. The van der Waals surface area contributed by atoms with E-state index < -0.39 is 0 Å². The highest BCUT2D eigenvalue weighted by atomic mass is 32.1. The molecule has 0 spiro atoms. The molecule has 2 atom stereocenters. The maximum Gasteiger partial charge on any atom is 0.185 e. The van der Waals surface area contributed by atoms with Crippen LogP contribution in [0.1, 0.15) is 64.1 Å². The van der Waals surface area contributed by atoms with Gasteiger partial charge in [0, 0.05) is 24.0 Å². The Labute approximate surface area is 127 Å². The smallest absolute Gasteiger partial charge is 0.185 e. The predicted molar refractivity (Wildman–Crippen MR) is 88.5 cm³/mol. The molecule has 2 N–H and O–H groups in total. The Hall–Kier alpha value is -0.610. The van der Waals surface area contributed by atoms with Gasteiger partial charge in [-0.15, -0.1) is 0 Å². The Morgan fingerprint density at radius 1 is 1.45 bits per heavy atom. The molecule has 0 aliphatic heterocycles. The maximum absolute atomic E-state index is 6.36. The van der Waals surface area contributed by atoms with Crippen LogP contribution < -0.4 is 10.6 Å². The van der Waals surface area contributed by atoms with Crippen molar-refractivity contribution in [3.05, 3.63) is 10.6 Å². The van der Waals surface area contributed by atoms with Crippen LogP contribution in [0.2, 0.25) is 0 Å². The molecule has 1 aliphatic rings. The van der Waals surface area contributed by atoms with Gasteiger partial charge in [0.25, 0.3) is 0 Å². The molecule has 0 radical (unpaired) electrons. The van der Waals surface area contributed by atoms with Crippen LogP contribution in [-0.2, 0) is 6.42 Å². The summed E-state index contributed by atoms with van der Waals surface area (Å²) in [6.07, 6.45) is 3.35. The zero-order chi connectivity index (χ0) is 14.9. The first-order chi connectivity index (χ1) is 9.36. The van der Waals surface area contributed by atoms with E-state index in [9.17, 15) is 0 Å². The van der Waals surface area contributed by atoms with E-state index in [0.29, 0.717) is 5.92 Å². The Morgan fingerprint density at radius 3 is 2.75 bits per heavy atom. The molecule has 4 heteroatoms. The first-order valence-corrected chi connectivity index (χ1v) is 8.68. The summed E-state index contributed by atoms with van der Waals surface area (Å²) >= 11 is 1.82. The van der Waals surface area contributed by atoms with Gasteiger partial charge in [-0.1, -0.05) is 45.5 Å². The minimum atomic E-state index is 0.169. The second-order valence-corrected chi connectivity index (χ2v) is 8.02. The highest BCUT2D eigenvalue weighted by molar-refractivity contribution is 7.15. The summed E-state index contributed by atoms with van der Waals surface area (Å²) in [5.74, 6) is 0.709. The molecule has 0 fully saturated rings. The molecule has 2 rings (SSSR count). The second-order valence-electron chi connectivity index (χ2n) is 7.01. The summed E-state index contributed by atoms with van der Waals surface area (Å²) in [5.41, 5.74) is 7.89. The summed E-state index contributed by atoms with van der Waals surface area (Å²) in [6, 6.07) is 0.169. The molecule has 0 amide bonds. The fraction of sp³-hybridized carbons (Fsp3) is 0.812. The number of fused-ring (bicyclic) bond motifs is 1. The van der Waals surface area contributed by atoms with Crippen molar-refractivity contribution < 1.29 is 0 Å². The molecule has 0 saturated carbocycles. The van der Waals surface area contributed by atoms with Crippen molar-refractivity contribution in [1.82, 2.24) is 4.98 Å². The number of hydrogen-bond acceptors (Lipinski definition) is 4. The lowest BCUT2D eigenvalue weighted by atomic mass is 9.77. The summed E-state index contributed by atoms with van der Waals surface area (Å²) in [4.78, 5) is 8.65. The minimum absolute atomic E-state index is 0.169. The molecule has 2 unspecified atom stereocenters. The largest absolute Gasteiger partial charge is 0.348 e. The number of thiazole rings is 1. The van der Waals surface area contributed by atoms with Crippen LogP contribution in [0.3, 0.4) is 0 Å². The van der Waals surface area contributed by atoms with Crippen LogP contribution in [0.4, 0.5) is 5.13 Å². The van der Waals surface area contributed by atoms with Crippen LogP contribution >= 0.6 is 11.3 Å². The quantitative estimate of drug-likeness (QED) is 0.893. The normalized spacial score (nSPS) is 22.4. The van der Waals surface area contributed by atoms with Gasteiger partial charge in [0.15, 0.2) is 5.13 Å². The van der Waals surface area contributed by atoms with E-state index in [1.807, 2.05) is 11.3 Å². The van der Waals surface area contributed by atoms with Crippen molar-refractivity contribution in [1.29, 1.82) is 0 Å². The number of rotatable bonds is 5. The van der Waals surface area contributed by atoms with Crippen molar-refractivity contribution in [2.45, 2.75) is 59.9 Å². The van der Waals surface area contributed by atoms with Crippen molar-refractivity contribution in [3.8, 4) is 0 Å². The number of aromatic nitrogens is 1. The van der Waals surface area contributed by atoms with Crippen LogP contribution in [-0.4, -0.2) is 18.1 Å². The lowest BCUT2D eigenvalue weighted by Gasteiger charge is -2.32. The van der Waals surface area contributed by atoms with Gasteiger partial charge in [0.1, 0.15) is 0 Å². The van der Waals surface area contributed by atoms with Gasteiger partial charge in [-0.05, 0) is 31.1 Å². The summed E-state index contributed by atoms with van der Waals surface area (Å²) in [6.45, 7) is 13.5. The van der Waals surface area contributed by atoms with Gasteiger partial charge < -0.3 is 10.6 Å². The number of hydrogen-bond donors (Lipinski definition) is 1. The van der Waals surface area contributed by atoms with Gasteiger partial charge in [-0.2, -0.15) is 0 Å². The van der Waals surface area contributed by atoms with Crippen LogP contribution in [0.15, 0.2) is 0 Å². The number of nitrogens with zero attached hydrogens (tertiary/aromatic N) is 2. The van der Waals surface area contributed by atoms with E-state index in [2.05, 4.69) is 39.5 Å². The highest BCUT2D eigenvalue weighted by Gasteiger charge is 2.33. The van der Waals surface area contributed by atoms with Crippen LogP contribution in [0, 0.1) is 11.3 Å². The van der Waals surface area contributed by atoms with Crippen LogP contribution in [0.25, 0.3) is 0 Å².